The maximum Gasteiger partial charge on any atom is 0.252 e. The molecule has 109 heavy (non-hydrogen) atoms. The van der Waals surface area contributed by atoms with Crippen molar-refractivity contribution in [3.8, 4) is 33.6 Å². The van der Waals surface area contributed by atoms with E-state index in [1.807, 2.05) is 109 Å². The van der Waals surface area contributed by atoms with Crippen LogP contribution in [0.15, 0.2) is 278 Å². The summed E-state index contributed by atoms with van der Waals surface area (Å²) in [5.41, 5.74) is 10.5. The Bertz CT molecular complexity index is 7380. The van der Waals surface area contributed by atoms with Gasteiger partial charge in [0.15, 0.2) is 0 Å². The lowest BCUT2D eigenvalue weighted by Crippen LogP contribution is -2.64. The monoisotopic (exact) mass is 1460 g/mol. The minimum absolute atomic E-state index is 0.00955. The first-order valence-corrected chi connectivity index (χ1v) is 40.6. The first kappa shape index (κ1) is 53.4. The van der Waals surface area contributed by atoms with Crippen molar-refractivity contribution in [1.82, 2.24) is 9.13 Å². The predicted molar refractivity (Wildman–Crippen MR) is 473 cm³/mol. The maximum absolute atomic E-state index is 12.1. The lowest BCUT2D eigenvalue weighted by atomic mass is 9.33. The van der Waals surface area contributed by atoms with E-state index in [4.69, 9.17) is 0 Å². The first-order valence-electron chi connectivity index (χ1n) is 46.0. The molecule has 4 aromatic heterocycles. The van der Waals surface area contributed by atoms with Gasteiger partial charge in [0.2, 0.25) is 0 Å². The molecule has 6 heterocycles. The molecular formula is C102H91BN4S2. The molecule has 0 bridgehead atoms. The summed E-state index contributed by atoms with van der Waals surface area (Å²) in [7, 11) is 0. The van der Waals surface area contributed by atoms with Gasteiger partial charge in [-0.25, -0.2) is 0 Å². The van der Waals surface area contributed by atoms with Crippen LogP contribution in [-0.4, -0.2) is 21.9 Å². The van der Waals surface area contributed by atoms with Crippen molar-refractivity contribution in [3.63, 3.8) is 0 Å². The van der Waals surface area contributed by atoms with Gasteiger partial charge in [-0.1, -0.05) is 238 Å². The quantitative estimate of drug-likeness (QED) is 0.111. The molecule has 0 radical (unpaired) electrons. The zero-order chi connectivity index (χ0) is 85.7. The molecule has 0 spiro atoms. The smallest absolute Gasteiger partial charge is 0.252 e. The summed E-state index contributed by atoms with van der Waals surface area (Å²) in [5.74, 6) is -0.104. The summed E-state index contributed by atoms with van der Waals surface area (Å²) in [4.78, 5) is 4.59. The van der Waals surface area contributed by atoms with Crippen molar-refractivity contribution in [2.24, 2.45) is 23.2 Å². The molecule has 3 aliphatic carbocycles. The number of thiophene rings is 2. The molecular weight excluding hydrogens is 1360 g/mol. The second kappa shape index (κ2) is 25.1. The highest BCUT2D eigenvalue weighted by Gasteiger charge is 2.51. The van der Waals surface area contributed by atoms with Crippen molar-refractivity contribution < 1.29 is 19.2 Å². The van der Waals surface area contributed by atoms with Crippen molar-refractivity contribution in [2.75, 3.05) is 9.80 Å². The number of benzene rings is 12. The molecule has 0 fully saturated rings. The Morgan fingerprint density at radius 1 is 0.477 bits per heavy atom. The number of hydrogen-bond acceptors (Lipinski definition) is 4. The van der Waals surface area contributed by atoms with E-state index in [0.29, 0.717) is 44.3 Å². The fraction of sp³-hybridized carbons (Fsp3) is 0.235. The molecule has 16 aromatic rings. The van der Waals surface area contributed by atoms with Crippen LogP contribution in [0.4, 0.5) is 28.4 Å². The van der Waals surface area contributed by atoms with Gasteiger partial charge >= 0.3 is 0 Å². The fourth-order valence-corrected chi connectivity index (χ4v) is 21.4. The number of nitrogens with zero attached hydrogens (tertiary/aromatic N) is 4. The van der Waals surface area contributed by atoms with Crippen molar-refractivity contribution in [3.05, 3.63) is 289 Å². The number of aromatic nitrogens is 2. The molecule has 0 amide bonds. The molecule has 0 saturated carbocycles. The van der Waals surface area contributed by atoms with Gasteiger partial charge in [-0.05, 0) is 221 Å². The Hall–Kier alpha value is -10.4. The highest BCUT2D eigenvalue weighted by Crippen LogP contribution is 2.57. The van der Waals surface area contributed by atoms with E-state index in [1.165, 1.54) is 11.1 Å². The first-order chi connectivity index (χ1) is 58.8. The zero-order valence-electron chi connectivity index (χ0n) is 77.0. The Kier molecular flexibility index (Phi) is 12.3. The van der Waals surface area contributed by atoms with E-state index < -0.39 is 59.8 Å². The van der Waals surface area contributed by atoms with Crippen LogP contribution >= 0.6 is 22.7 Å². The van der Waals surface area contributed by atoms with Crippen LogP contribution in [0.5, 0.6) is 0 Å². The molecule has 4 nitrogen and oxygen atoms in total. The molecule has 21 rings (SSSR count). The maximum atomic E-state index is 12.1. The van der Waals surface area contributed by atoms with Crippen LogP contribution in [0.25, 0.3) is 118 Å². The van der Waals surface area contributed by atoms with Crippen LogP contribution in [0.3, 0.4) is 0 Å². The largest absolute Gasteiger partial charge is 0.334 e. The van der Waals surface area contributed by atoms with Crippen LogP contribution < -0.4 is 26.2 Å². The van der Waals surface area contributed by atoms with Crippen LogP contribution in [0, 0.1) is 23.2 Å². The summed E-state index contributed by atoms with van der Waals surface area (Å²) in [6.45, 7) is 18.9. The summed E-state index contributed by atoms with van der Waals surface area (Å²) in [6.07, 6.45) is 16.6. The lowest BCUT2D eigenvalue weighted by molar-refractivity contribution is 0.220. The second-order valence-electron chi connectivity index (χ2n) is 34.1. The standard InChI is InChI=1S/C102H91BN4S2/c1-100(2,3)66-54-75(62-30-14-10-15-31-62)98(76(55-66)63-32-16-11-17-33-63)106-85-60-69(104-81-42-26-22-38-71(81)93-83(104)50-52-91-95(93)73-40-24-28-44-89(73)108-91)46-48-79(85)103-80-49-47-70(105-82-43-27-23-39-72(82)94-84(105)51-53-92-96(94)74-41-25-29-45-90(74)109-92)61-86(80)107(88-59-68(102(7,8)9)58-87(106)97(88)103)99-77(64-34-18-12-19-35-64)56-67(101(4,5)6)57-78(99)65-36-20-13-21-37-65/h10-12,14-18,22-33,36,38-56,58-61,64,67,78,99H,13,19-21,34-35,37,57H2,1-9H3/i22D,23D,26D,27D,38D,39D,42D,43D,46D,47D,48D,49D,60D,61D. The topological polar surface area (TPSA) is 16.3 Å². The van der Waals surface area contributed by atoms with E-state index in [0.717, 1.165) is 125 Å². The molecule has 4 unspecified atom stereocenters. The third kappa shape index (κ3) is 10.5. The average molecular weight is 1460 g/mol. The van der Waals surface area contributed by atoms with E-state index in [2.05, 4.69) is 145 Å². The molecule has 12 aromatic carbocycles. The van der Waals surface area contributed by atoms with E-state index in [-0.39, 0.29) is 127 Å². The summed E-state index contributed by atoms with van der Waals surface area (Å²) < 4.78 is 156. The number of rotatable bonds is 8. The van der Waals surface area contributed by atoms with Gasteiger partial charge in [0.1, 0.15) is 0 Å². The third-order valence-corrected chi connectivity index (χ3v) is 26.9. The number of fused-ring (bicyclic) bond motifs is 18. The highest BCUT2D eigenvalue weighted by atomic mass is 32.1. The Balaban J connectivity index is 0.992. The van der Waals surface area contributed by atoms with Gasteiger partial charge in [0, 0.05) is 113 Å². The number of hydrogen-bond donors (Lipinski definition) is 0. The molecule has 2 aliphatic heterocycles. The predicted octanol–water partition coefficient (Wildman–Crippen LogP) is 27.1. The van der Waals surface area contributed by atoms with Gasteiger partial charge in [-0.15, -0.1) is 22.7 Å². The molecule has 0 saturated heterocycles. The van der Waals surface area contributed by atoms with Gasteiger partial charge in [-0.2, -0.15) is 0 Å². The van der Waals surface area contributed by atoms with Gasteiger partial charge in [0.05, 0.1) is 53.0 Å². The second-order valence-corrected chi connectivity index (χ2v) is 36.3. The minimum atomic E-state index is -1.32. The van der Waals surface area contributed by atoms with Crippen molar-refractivity contribution in [2.45, 2.75) is 131 Å². The van der Waals surface area contributed by atoms with Crippen molar-refractivity contribution in [1.29, 1.82) is 0 Å². The summed E-state index contributed by atoms with van der Waals surface area (Å²) in [5, 5.41) is 4.75. The van der Waals surface area contributed by atoms with Gasteiger partial charge in [0.25, 0.3) is 6.71 Å². The van der Waals surface area contributed by atoms with Gasteiger partial charge in [-0.3, -0.25) is 0 Å². The summed E-state index contributed by atoms with van der Waals surface area (Å²) >= 11 is 3.15. The molecule has 534 valence electrons. The normalized spacial score (nSPS) is 20.0. The molecule has 5 aliphatic rings. The van der Waals surface area contributed by atoms with Crippen LogP contribution in [0.1, 0.15) is 144 Å². The Labute approximate surface area is 668 Å². The molecule has 4 atom stereocenters. The van der Waals surface area contributed by atoms with Crippen LogP contribution in [-0.2, 0) is 10.8 Å². The Morgan fingerprint density at radius 2 is 1.02 bits per heavy atom. The van der Waals surface area contributed by atoms with E-state index in [1.54, 1.807) is 31.8 Å². The van der Waals surface area contributed by atoms with E-state index >= 15 is 0 Å². The SMILES string of the molecule is [2H]c1c([2H])c(-n2c3ccc4sc5ccccc5c4c3c3c([2H])c([2H])c([2H])c([2H])c32)c([2H])c2c1B1c3c(cc(C(C)(C)C)cc3N(C3C(C4CC=CCC4)=CC(C(C)(C)C)CC3C3=CCCCC3)c3c([2H])c(-n4c5ccc6sc7ccccc7c6c5c5c([2H])c([2H])c([2H])c([2H])c54)c([2H])c([2H])c31)N2c1c(-c2ccccc2)cc(C(C)(C)C)cc1-c1ccccc1. The average Bonchev–Trinajstić information content (AvgIpc) is 1.41. The summed E-state index contributed by atoms with van der Waals surface area (Å²) in [6, 6.07) is 47.7. The zero-order valence-corrected chi connectivity index (χ0v) is 64.6. The van der Waals surface area contributed by atoms with Crippen molar-refractivity contribution >= 4 is 158 Å². The fourth-order valence-electron chi connectivity index (χ4n) is 19.2. The van der Waals surface area contributed by atoms with Gasteiger partial charge < -0.3 is 18.9 Å². The van der Waals surface area contributed by atoms with E-state index in [9.17, 15) is 19.2 Å². The Morgan fingerprint density at radius 3 is 1.57 bits per heavy atom. The number of para-hydroxylation sites is 2. The number of anilines is 5. The number of allylic oxidation sites excluding steroid dienone is 4. The molecule has 7 heteroatoms. The minimum Gasteiger partial charge on any atom is -0.334 e. The highest BCUT2D eigenvalue weighted by molar-refractivity contribution is 7.26. The lowest BCUT2D eigenvalue weighted by Gasteiger charge is -2.53. The molecule has 0 N–H and O–H groups in total. The van der Waals surface area contributed by atoms with Crippen LogP contribution in [0.2, 0.25) is 0 Å². The third-order valence-electron chi connectivity index (χ3n) is 24.6.